The van der Waals surface area contributed by atoms with Gasteiger partial charge in [-0.1, -0.05) is 6.07 Å². The van der Waals surface area contributed by atoms with Crippen molar-refractivity contribution >= 4 is 11.6 Å². The molecule has 1 N–H and O–H groups in total. The van der Waals surface area contributed by atoms with Crippen molar-refractivity contribution < 1.29 is 9.18 Å². The van der Waals surface area contributed by atoms with Crippen LogP contribution in [0.15, 0.2) is 36.7 Å². The molecule has 3 atom stereocenters. The molecule has 25 heavy (non-hydrogen) atoms. The van der Waals surface area contributed by atoms with Gasteiger partial charge in [0.05, 0.1) is 6.20 Å². The van der Waals surface area contributed by atoms with E-state index in [-0.39, 0.29) is 23.7 Å². The molecule has 2 heterocycles. The molecule has 0 spiro atoms. The summed E-state index contributed by atoms with van der Waals surface area (Å²) in [5, 5.41) is 7.39. The highest BCUT2D eigenvalue weighted by atomic mass is 19.1. The molecule has 3 unspecified atom stereocenters. The van der Waals surface area contributed by atoms with Crippen LogP contribution in [0.5, 0.6) is 0 Å². The molecule has 5 nitrogen and oxygen atoms in total. The van der Waals surface area contributed by atoms with Gasteiger partial charge in [0.25, 0.3) is 0 Å². The largest absolute Gasteiger partial charge is 0.369 e. The van der Waals surface area contributed by atoms with Crippen molar-refractivity contribution in [2.75, 3.05) is 18.0 Å². The second-order valence-electron chi connectivity index (χ2n) is 7.17. The molecule has 1 aliphatic heterocycles. The Labute approximate surface area is 146 Å². The van der Waals surface area contributed by atoms with E-state index in [0.29, 0.717) is 5.92 Å². The van der Waals surface area contributed by atoms with E-state index in [9.17, 15) is 9.18 Å². The average Bonchev–Trinajstić information content (AvgIpc) is 3.30. The average molecular weight is 342 g/mol. The molecule has 1 saturated heterocycles. The Kier molecular flexibility index (Phi) is 4.19. The number of halogens is 1. The van der Waals surface area contributed by atoms with Crippen molar-refractivity contribution in [1.29, 1.82) is 0 Å². The minimum atomic E-state index is -0.221. The Morgan fingerprint density at radius 3 is 3.04 bits per heavy atom. The van der Waals surface area contributed by atoms with E-state index in [1.165, 1.54) is 6.07 Å². The third kappa shape index (κ3) is 3.52. The monoisotopic (exact) mass is 342 g/mol. The van der Waals surface area contributed by atoms with Crippen LogP contribution in [0.4, 0.5) is 10.1 Å². The second-order valence-corrected chi connectivity index (χ2v) is 7.17. The molecular formula is C19H23FN4O. The van der Waals surface area contributed by atoms with Crippen LogP contribution in [-0.2, 0) is 11.8 Å². The van der Waals surface area contributed by atoms with E-state index in [1.54, 1.807) is 16.8 Å². The number of piperidine rings is 1. The quantitative estimate of drug-likeness (QED) is 0.928. The molecule has 1 amide bonds. The molecule has 0 radical (unpaired) electrons. The number of nitrogens with one attached hydrogen (secondary N) is 1. The molecule has 2 aromatic rings. The van der Waals surface area contributed by atoms with E-state index in [1.807, 2.05) is 25.5 Å². The lowest BCUT2D eigenvalue weighted by Crippen LogP contribution is -2.48. The van der Waals surface area contributed by atoms with Gasteiger partial charge in [0.15, 0.2) is 0 Å². The lowest BCUT2D eigenvalue weighted by Gasteiger charge is -2.34. The first-order valence-electron chi connectivity index (χ1n) is 8.89. The highest BCUT2D eigenvalue weighted by Gasteiger charge is 2.45. The molecule has 0 bridgehead atoms. The van der Waals surface area contributed by atoms with Crippen molar-refractivity contribution in [3.8, 4) is 0 Å². The Morgan fingerprint density at radius 2 is 2.28 bits per heavy atom. The van der Waals surface area contributed by atoms with Gasteiger partial charge in [0.1, 0.15) is 5.82 Å². The number of carbonyl (C=O) groups excluding carboxylic acids is 1. The van der Waals surface area contributed by atoms with E-state index in [4.69, 9.17) is 0 Å². The first-order valence-corrected chi connectivity index (χ1v) is 8.89. The Balaban J connectivity index is 1.34. The van der Waals surface area contributed by atoms with Gasteiger partial charge < -0.3 is 10.2 Å². The van der Waals surface area contributed by atoms with Crippen LogP contribution in [-0.4, -0.2) is 34.8 Å². The van der Waals surface area contributed by atoms with E-state index in [0.717, 1.165) is 43.6 Å². The highest BCUT2D eigenvalue weighted by Crippen LogP contribution is 2.47. The summed E-state index contributed by atoms with van der Waals surface area (Å²) in [6.45, 7) is 1.64. The van der Waals surface area contributed by atoms with Crippen LogP contribution in [0.1, 0.15) is 30.7 Å². The van der Waals surface area contributed by atoms with Gasteiger partial charge in [-0.25, -0.2) is 4.39 Å². The molecular weight excluding hydrogens is 319 g/mol. The number of benzene rings is 1. The van der Waals surface area contributed by atoms with Crippen LogP contribution in [0.2, 0.25) is 0 Å². The van der Waals surface area contributed by atoms with Gasteiger partial charge in [0, 0.05) is 44.0 Å². The number of amides is 1. The summed E-state index contributed by atoms with van der Waals surface area (Å²) in [4.78, 5) is 14.7. The SMILES string of the molecule is Cn1cc(C2CC2C(=O)NC2CCCN(c3cccc(F)c3)C2)cn1. The Hall–Kier alpha value is -2.37. The van der Waals surface area contributed by atoms with Gasteiger partial charge in [-0.05, 0) is 48.9 Å². The Bertz CT molecular complexity index is 774. The fourth-order valence-corrected chi connectivity index (χ4v) is 3.80. The van der Waals surface area contributed by atoms with E-state index >= 15 is 0 Å². The van der Waals surface area contributed by atoms with E-state index in [2.05, 4.69) is 15.3 Å². The predicted octanol–water partition coefficient (Wildman–Crippen LogP) is 2.45. The highest BCUT2D eigenvalue weighted by molar-refractivity contribution is 5.83. The van der Waals surface area contributed by atoms with Crippen LogP contribution >= 0.6 is 0 Å². The van der Waals surface area contributed by atoms with Gasteiger partial charge in [-0.2, -0.15) is 5.10 Å². The van der Waals surface area contributed by atoms with Crippen LogP contribution in [0.3, 0.4) is 0 Å². The first kappa shape index (κ1) is 16.1. The van der Waals surface area contributed by atoms with Gasteiger partial charge in [-0.15, -0.1) is 0 Å². The van der Waals surface area contributed by atoms with Crippen molar-refractivity contribution in [3.05, 3.63) is 48.0 Å². The third-order valence-corrected chi connectivity index (χ3v) is 5.22. The maximum Gasteiger partial charge on any atom is 0.224 e. The number of aromatic nitrogens is 2. The molecule has 2 fully saturated rings. The smallest absolute Gasteiger partial charge is 0.224 e. The molecule has 1 aromatic carbocycles. The number of anilines is 1. The Morgan fingerprint density at radius 1 is 1.40 bits per heavy atom. The van der Waals surface area contributed by atoms with Crippen LogP contribution in [0, 0.1) is 11.7 Å². The molecule has 1 aromatic heterocycles. The lowest BCUT2D eigenvalue weighted by atomic mass is 10.0. The number of rotatable bonds is 4. The summed E-state index contributed by atoms with van der Waals surface area (Å²) in [6.07, 6.45) is 6.71. The summed E-state index contributed by atoms with van der Waals surface area (Å²) in [7, 11) is 1.89. The molecule has 1 saturated carbocycles. The number of hydrogen-bond donors (Lipinski definition) is 1. The normalized spacial score (nSPS) is 25.7. The fourth-order valence-electron chi connectivity index (χ4n) is 3.80. The standard InChI is InChI=1S/C19H23FN4O/c1-23-11-13(10-21-23)17-9-18(17)19(25)22-15-5-3-7-24(12-15)16-6-2-4-14(20)8-16/h2,4,6,8,10-11,15,17-18H,3,5,7,9,12H2,1H3,(H,22,25). The van der Waals surface area contributed by atoms with Crippen molar-refractivity contribution in [1.82, 2.24) is 15.1 Å². The van der Waals surface area contributed by atoms with Crippen molar-refractivity contribution in [3.63, 3.8) is 0 Å². The van der Waals surface area contributed by atoms with Crippen LogP contribution in [0.25, 0.3) is 0 Å². The zero-order valence-corrected chi connectivity index (χ0v) is 14.4. The zero-order chi connectivity index (χ0) is 17.4. The minimum absolute atomic E-state index is 0.0637. The lowest BCUT2D eigenvalue weighted by molar-refractivity contribution is -0.123. The van der Waals surface area contributed by atoms with E-state index < -0.39 is 0 Å². The van der Waals surface area contributed by atoms with Gasteiger partial charge in [-0.3, -0.25) is 9.48 Å². The summed E-state index contributed by atoms with van der Waals surface area (Å²) < 4.78 is 15.2. The number of aryl methyl sites for hydroxylation is 1. The maximum atomic E-state index is 13.4. The second kappa shape index (κ2) is 6.50. The fraction of sp³-hybridized carbons (Fsp3) is 0.474. The molecule has 2 aliphatic rings. The van der Waals surface area contributed by atoms with Gasteiger partial charge in [0.2, 0.25) is 5.91 Å². The van der Waals surface area contributed by atoms with Gasteiger partial charge >= 0.3 is 0 Å². The number of hydrogen-bond acceptors (Lipinski definition) is 3. The molecule has 6 heteroatoms. The summed E-state index contributed by atoms with van der Waals surface area (Å²) in [6, 6.07) is 6.80. The summed E-state index contributed by atoms with van der Waals surface area (Å²) >= 11 is 0. The number of carbonyl (C=O) groups is 1. The minimum Gasteiger partial charge on any atom is -0.369 e. The van der Waals surface area contributed by atoms with Crippen molar-refractivity contribution in [2.45, 2.75) is 31.2 Å². The number of nitrogens with zero attached hydrogens (tertiary/aromatic N) is 3. The van der Waals surface area contributed by atoms with Crippen molar-refractivity contribution in [2.24, 2.45) is 13.0 Å². The predicted molar refractivity (Wildman–Crippen MR) is 93.8 cm³/mol. The summed E-state index contributed by atoms with van der Waals surface area (Å²) in [5.74, 6) is 0.284. The first-order chi connectivity index (χ1) is 12.1. The third-order valence-electron chi connectivity index (χ3n) is 5.22. The topological polar surface area (TPSA) is 50.2 Å². The summed E-state index contributed by atoms with van der Waals surface area (Å²) in [5.41, 5.74) is 2.03. The zero-order valence-electron chi connectivity index (χ0n) is 14.4. The maximum absolute atomic E-state index is 13.4. The van der Waals surface area contributed by atoms with Crippen LogP contribution < -0.4 is 10.2 Å². The molecule has 4 rings (SSSR count). The molecule has 132 valence electrons. The molecule has 1 aliphatic carbocycles.